The van der Waals surface area contributed by atoms with Gasteiger partial charge in [-0.05, 0) is 0 Å². The summed E-state index contributed by atoms with van der Waals surface area (Å²) in [5.41, 5.74) is 4.18. The van der Waals surface area contributed by atoms with Crippen LogP contribution >= 0.6 is 0 Å². The summed E-state index contributed by atoms with van der Waals surface area (Å²) in [6.45, 7) is -1.22. The van der Waals surface area contributed by atoms with E-state index in [-0.39, 0.29) is 11.3 Å². The van der Waals surface area contributed by atoms with E-state index < -0.39 is 36.9 Å². The first-order valence-corrected chi connectivity index (χ1v) is 4.54. The molecule has 0 aromatic carbocycles. The summed E-state index contributed by atoms with van der Waals surface area (Å²) < 4.78 is 52.4. The maximum absolute atomic E-state index is 12.7. The molecule has 0 spiro atoms. The number of halogens is 4. The molecule has 1 aromatic rings. The molecule has 0 aliphatic carbocycles. The minimum atomic E-state index is -5.05. The van der Waals surface area contributed by atoms with E-state index in [9.17, 15) is 22.4 Å². The maximum atomic E-state index is 12.7. The van der Waals surface area contributed by atoms with E-state index in [0.717, 1.165) is 6.20 Å². The summed E-state index contributed by atoms with van der Waals surface area (Å²) in [4.78, 5) is 13.8. The molecule has 100 valence electrons. The van der Waals surface area contributed by atoms with Gasteiger partial charge in [0.2, 0.25) is 5.88 Å². The number of pyridine rings is 1. The molecule has 3 N–H and O–H groups in total. The Bertz CT molecular complexity index is 462. The first-order valence-electron chi connectivity index (χ1n) is 4.54. The van der Waals surface area contributed by atoms with Crippen molar-refractivity contribution in [2.24, 2.45) is 0 Å². The molecule has 9 heteroatoms. The van der Waals surface area contributed by atoms with Gasteiger partial charge in [-0.2, -0.15) is 0 Å². The molecule has 0 saturated heterocycles. The number of ether oxygens (including phenoxy) is 1. The van der Waals surface area contributed by atoms with Crippen LogP contribution in [0, 0.1) is 0 Å². The fourth-order valence-corrected chi connectivity index (χ4v) is 1.28. The van der Waals surface area contributed by atoms with Gasteiger partial charge < -0.3 is 15.6 Å². The number of nitrogen functional groups attached to an aromatic ring is 1. The van der Waals surface area contributed by atoms with E-state index in [0.29, 0.717) is 0 Å². The van der Waals surface area contributed by atoms with Crippen molar-refractivity contribution in [1.82, 2.24) is 4.98 Å². The maximum Gasteiger partial charge on any atom is 0.574 e. The number of hydrogen-bond donors (Lipinski definition) is 2. The minimum Gasteiger partial charge on any atom is -0.481 e. The van der Waals surface area contributed by atoms with Crippen LogP contribution < -0.4 is 10.5 Å². The molecular weight excluding hydrogens is 260 g/mol. The van der Waals surface area contributed by atoms with Crippen molar-refractivity contribution < 1.29 is 32.2 Å². The van der Waals surface area contributed by atoms with E-state index in [1.54, 1.807) is 0 Å². The number of alkyl halides is 4. The van der Waals surface area contributed by atoms with Gasteiger partial charge in [0.25, 0.3) is 0 Å². The van der Waals surface area contributed by atoms with Crippen LogP contribution in [0.5, 0.6) is 5.88 Å². The predicted molar refractivity (Wildman–Crippen MR) is 51.5 cm³/mol. The first kappa shape index (κ1) is 14.0. The third-order valence-corrected chi connectivity index (χ3v) is 1.97. The highest BCUT2D eigenvalue weighted by atomic mass is 19.4. The molecule has 0 fully saturated rings. The second-order valence-electron chi connectivity index (χ2n) is 3.23. The number of aromatic nitrogens is 1. The zero-order valence-electron chi connectivity index (χ0n) is 8.79. The average molecular weight is 268 g/mol. The molecule has 5 nitrogen and oxygen atoms in total. The summed E-state index contributed by atoms with van der Waals surface area (Å²) in [7, 11) is 0. The highest BCUT2D eigenvalue weighted by Gasteiger charge is 2.34. The van der Waals surface area contributed by atoms with Gasteiger partial charge in [0, 0.05) is 11.1 Å². The van der Waals surface area contributed by atoms with Crippen LogP contribution in [0.2, 0.25) is 0 Å². The fourth-order valence-electron chi connectivity index (χ4n) is 1.28. The van der Waals surface area contributed by atoms with Crippen molar-refractivity contribution in [2.45, 2.75) is 19.5 Å². The molecule has 0 aliphatic heterocycles. The van der Waals surface area contributed by atoms with Crippen molar-refractivity contribution in [3.05, 3.63) is 17.3 Å². The standard InChI is InChI=1S/C9H8F4N2O3/c10-2-5-4(1-7(16)17)8(15-3-6(5)14)18-9(11,12)13/h3H,1-2,14H2,(H,16,17). The van der Waals surface area contributed by atoms with Gasteiger partial charge in [0.15, 0.2) is 0 Å². The van der Waals surface area contributed by atoms with E-state index in [4.69, 9.17) is 10.8 Å². The largest absolute Gasteiger partial charge is 0.574 e. The molecule has 0 radical (unpaired) electrons. The third kappa shape index (κ3) is 3.47. The van der Waals surface area contributed by atoms with Crippen LogP contribution in [0.3, 0.4) is 0 Å². The number of nitrogens with two attached hydrogens (primary N) is 1. The summed E-state index contributed by atoms with van der Waals surface area (Å²) in [6, 6.07) is 0. The Morgan fingerprint density at radius 1 is 1.44 bits per heavy atom. The Hall–Kier alpha value is -2.06. The SMILES string of the molecule is Nc1cnc(OC(F)(F)F)c(CC(=O)O)c1CF. The Balaban J connectivity index is 3.28. The molecule has 18 heavy (non-hydrogen) atoms. The van der Waals surface area contributed by atoms with Gasteiger partial charge in [0.05, 0.1) is 18.3 Å². The van der Waals surface area contributed by atoms with Crippen molar-refractivity contribution >= 4 is 11.7 Å². The van der Waals surface area contributed by atoms with E-state index in [2.05, 4.69) is 9.72 Å². The zero-order chi connectivity index (χ0) is 13.9. The number of aliphatic carboxylic acids is 1. The molecule has 0 bridgehead atoms. The van der Waals surface area contributed by atoms with Crippen LogP contribution in [0.1, 0.15) is 11.1 Å². The van der Waals surface area contributed by atoms with Crippen molar-refractivity contribution in [1.29, 1.82) is 0 Å². The number of rotatable bonds is 4. The Labute approximate surface area is 98.2 Å². The Kier molecular flexibility index (Phi) is 3.94. The topological polar surface area (TPSA) is 85.4 Å². The molecule has 1 heterocycles. The van der Waals surface area contributed by atoms with E-state index in [1.165, 1.54) is 0 Å². The highest BCUT2D eigenvalue weighted by molar-refractivity contribution is 5.73. The molecule has 1 aromatic heterocycles. The quantitative estimate of drug-likeness (QED) is 0.811. The lowest BCUT2D eigenvalue weighted by molar-refractivity contribution is -0.276. The van der Waals surface area contributed by atoms with Crippen LogP contribution in [-0.4, -0.2) is 22.4 Å². The molecule has 0 amide bonds. The fraction of sp³-hybridized carbons (Fsp3) is 0.333. The summed E-state index contributed by atoms with van der Waals surface area (Å²) in [5.74, 6) is -2.46. The first-order chi connectivity index (χ1) is 8.24. The molecule has 0 atom stereocenters. The molecule has 0 unspecified atom stereocenters. The van der Waals surface area contributed by atoms with Crippen LogP contribution in [0.15, 0.2) is 6.20 Å². The van der Waals surface area contributed by atoms with Crippen LogP contribution in [-0.2, 0) is 17.9 Å². The highest BCUT2D eigenvalue weighted by Crippen LogP contribution is 2.30. The minimum absolute atomic E-state index is 0.233. The molecular formula is C9H8F4N2O3. The zero-order valence-corrected chi connectivity index (χ0v) is 8.79. The second-order valence-corrected chi connectivity index (χ2v) is 3.23. The molecule has 0 aliphatic rings. The summed E-state index contributed by atoms with van der Waals surface area (Å²) >= 11 is 0. The second kappa shape index (κ2) is 5.07. The van der Waals surface area contributed by atoms with Gasteiger partial charge in [-0.15, -0.1) is 13.2 Å². The molecule has 0 saturated carbocycles. The van der Waals surface area contributed by atoms with E-state index >= 15 is 0 Å². The Morgan fingerprint density at radius 3 is 2.50 bits per heavy atom. The monoisotopic (exact) mass is 268 g/mol. The van der Waals surface area contributed by atoms with Crippen LogP contribution in [0.25, 0.3) is 0 Å². The lowest BCUT2D eigenvalue weighted by Gasteiger charge is -2.14. The van der Waals surface area contributed by atoms with Gasteiger partial charge in [-0.1, -0.05) is 0 Å². The third-order valence-electron chi connectivity index (χ3n) is 1.97. The number of carbonyl (C=O) groups is 1. The Morgan fingerprint density at radius 2 is 2.06 bits per heavy atom. The summed E-state index contributed by atoms with van der Waals surface area (Å²) in [6.07, 6.45) is -5.14. The normalized spacial score (nSPS) is 11.3. The smallest absolute Gasteiger partial charge is 0.481 e. The van der Waals surface area contributed by atoms with E-state index in [1.807, 2.05) is 0 Å². The number of hydrogen-bond acceptors (Lipinski definition) is 4. The molecule has 1 rings (SSSR count). The predicted octanol–water partition coefficient (Wildman–Crippen LogP) is 1.66. The number of anilines is 1. The van der Waals surface area contributed by atoms with Crippen molar-refractivity contribution in [2.75, 3.05) is 5.73 Å². The van der Waals surface area contributed by atoms with Crippen LogP contribution in [0.4, 0.5) is 23.2 Å². The lowest BCUT2D eigenvalue weighted by Crippen LogP contribution is -2.20. The number of carboxylic acids is 1. The summed E-state index contributed by atoms with van der Waals surface area (Å²) in [5, 5.41) is 8.57. The van der Waals surface area contributed by atoms with Crippen molar-refractivity contribution in [3.8, 4) is 5.88 Å². The average Bonchev–Trinajstić information content (AvgIpc) is 2.20. The van der Waals surface area contributed by atoms with Crippen molar-refractivity contribution in [3.63, 3.8) is 0 Å². The van der Waals surface area contributed by atoms with Gasteiger partial charge >= 0.3 is 12.3 Å². The van der Waals surface area contributed by atoms with Gasteiger partial charge in [-0.25, -0.2) is 9.37 Å². The number of nitrogens with zero attached hydrogens (tertiary/aromatic N) is 1. The van der Waals surface area contributed by atoms with Gasteiger partial charge in [0.1, 0.15) is 6.67 Å². The lowest BCUT2D eigenvalue weighted by atomic mass is 10.1. The number of carboxylic acid groups (broad SMARTS) is 1. The van der Waals surface area contributed by atoms with Gasteiger partial charge in [-0.3, -0.25) is 4.79 Å².